The van der Waals surface area contributed by atoms with E-state index in [2.05, 4.69) is 17.1 Å². The Bertz CT molecular complexity index is 609. The summed E-state index contributed by atoms with van der Waals surface area (Å²) in [5.41, 5.74) is 0.966. The fraction of sp³-hybridized carbons (Fsp3) is 0.562. The Morgan fingerprint density at radius 1 is 1.55 bits per heavy atom. The van der Waals surface area contributed by atoms with E-state index in [1.165, 1.54) is 6.42 Å². The highest BCUT2D eigenvalue weighted by atomic mass is 32.1. The van der Waals surface area contributed by atoms with Crippen molar-refractivity contribution >= 4 is 17.2 Å². The van der Waals surface area contributed by atoms with E-state index in [-0.39, 0.29) is 5.91 Å². The van der Waals surface area contributed by atoms with Crippen LogP contribution in [0.15, 0.2) is 21.3 Å². The lowest BCUT2D eigenvalue weighted by Gasteiger charge is -2.32. The van der Waals surface area contributed by atoms with Gasteiger partial charge in [-0.3, -0.25) is 4.79 Å². The molecule has 3 rings (SSSR count). The van der Waals surface area contributed by atoms with Gasteiger partial charge in [-0.05, 0) is 30.2 Å². The molecular weight excluding hydrogens is 298 g/mol. The fourth-order valence-electron chi connectivity index (χ4n) is 2.86. The highest BCUT2D eigenvalue weighted by Gasteiger charge is 2.22. The van der Waals surface area contributed by atoms with Crippen molar-refractivity contribution < 1.29 is 9.32 Å². The minimum absolute atomic E-state index is 0.202. The summed E-state index contributed by atoms with van der Waals surface area (Å²) in [5, 5.41) is 7.94. The maximum Gasteiger partial charge on any atom is 0.227 e. The summed E-state index contributed by atoms with van der Waals surface area (Å²) in [6, 6.07) is 1.96. The van der Waals surface area contributed by atoms with Crippen LogP contribution in [0.5, 0.6) is 0 Å². The molecule has 0 bridgehead atoms. The van der Waals surface area contributed by atoms with Crippen molar-refractivity contribution in [2.24, 2.45) is 5.92 Å². The largest absolute Gasteiger partial charge is 0.342 e. The predicted molar refractivity (Wildman–Crippen MR) is 85.5 cm³/mol. The van der Waals surface area contributed by atoms with Crippen LogP contribution in [0.1, 0.15) is 38.5 Å². The van der Waals surface area contributed by atoms with Crippen molar-refractivity contribution in [1.82, 2.24) is 15.0 Å². The van der Waals surface area contributed by atoms with Gasteiger partial charge >= 0.3 is 0 Å². The highest BCUT2D eigenvalue weighted by molar-refractivity contribution is 7.08. The van der Waals surface area contributed by atoms with Crippen LogP contribution in [0.3, 0.4) is 0 Å². The third-order valence-corrected chi connectivity index (χ3v) is 4.93. The van der Waals surface area contributed by atoms with E-state index in [4.69, 9.17) is 4.52 Å². The van der Waals surface area contributed by atoms with Crippen LogP contribution in [-0.4, -0.2) is 34.0 Å². The summed E-state index contributed by atoms with van der Waals surface area (Å²) in [7, 11) is 0. The van der Waals surface area contributed by atoms with E-state index >= 15 is 0 Å². The molecule has 1 atom stereocenters. The number of nitrogens with zero attached hydrogens (tertiary/aromatic N) is 3. The summed E-state index contributed by atoms with van der Waals surface area (Å²) in [6.45, 7) is 3.99. The second-order valence-electron chi connectivity index (χ2n) is 5.78. The van der Waals surface area contributed by atoms with Crippen molar-refractivity contribution in [2.45, 2.75) is 39.0 Å². The van der Waals surface area contributed by atoms with Gasteiger partial charge in [0, 0.05) is 36.9 Å². The summed E-state index contributed by atoms with van der Waals surface area (Å²) >= 11 is 1.60. The summed E-state index contributed by atoms with van der Waals surface area (Å²) < 4.78 is 5.24. The standard InChI is InChI=1S/C16H21N3O2S/c1-2-12-4-3-8-19(10-12)15(20)6-5-14-17-16(18-21-14)13-7-9-22-11-13/h7,9,11-12H,2-6,8,10H2,1H3. The molecule has 0 aliphatic carbocycles. The molecule has 6 heteroatoms. The monoisotopic (exact) mass is 319 g/mol. The minimum Gasteiger partial charge on any atom is -0.342 e. The van der Waals surface area contributed by atoms with Gasteiger partial charge in [-0.2, -0.15) is 16.3 Å². The summed E-state index contributed by atoms with van der Waals surface area (Å²) in [6.07, 6.45) is 4.48. The van der Waals surface area contributed by atoms with Gasteiger partial charge in [0.25, 0.3) is 0 Å². The number of thiophene rings is 1. The summed E-state index contributed by atoms with van der Waals surface area (Å²) in [5.74, 6) is 2.01. The molecule has 2 aromatic rings. The van der Waals surface area contributed by atoms with Gasteiger partial charge in [0.1, 0.15) is 0 Å². The Labute approximate surface area is 134 Å². The molecule has 1 saturated heterocycles. The smallest absolute Gasteiger partial charge is 0.227 e. The number of carbonyl (C=O) groups excluding carboxylic acids is 1. The first-order valence-electron chi connectivity index (χ1n) is 7.89. The maximum absolute atomic E-state index is 12.3. The van der Waals surface area contributed by atoms with Crippen LogP contribution in [-0.2, 0) is 11.2 Å². The molecule has 1 aliphatic heterocycles. The third-order valence-electron chi connectivity index (χ3n) is 4.25. The van der Waals surface area contributed by atoms with Crippen LogP contribution in [0.2, 0.25) is 0 Å². The molecule has 1 fully saturated rings. The van der Waals surface area contributed by atoms with Crippen molar-refractivity contribution in [2.75, 3.05) is 13.1 Å². The average molecular weight is 319 g/mol. The van der Waals surface area contributed by atoms with Crippen molar-refractivity contribution in [1.29, 1.82) is 0 Å². The van der Waals surface area contributed by atoms with Gasteiger partial charge in [0.15, 0.2) is 0 Å². The molecule has 22 heavy (non-hydrogen) atoms. The Kier molecular flexibility index (Phi) is 4.87. The molecule has 0 radical (unpaired) electrons. The van der Waals surface area contributed by atoms with E-state index in [0.29, 0.717) is 30.5 Å². The number of aromatic nitrogens is 2. The number of likely N-dealkylation sites (tertiary alicyclic amines) is 1. The molecule has 0 N–H and O–H groups in total. The van der Waals surface area contributed by atoms with Gasteiger partial charge in [-0.15, -0.1) is 0 Å². The first kappa shape index (κ1) is 15.2. The zero-order chi connectivity index (χ0) is 15.4. The van der Waals surface area contributed by atoms with Crippen LogP contribution >= 0.6 is 11.3 Å². The molecule has 0 aromatic carbocycles. The lowest BCUT2D eigenvalue weighted by molar-refractivity contribution is -0.133. The Morgan fingerprint density at radius 3 is 3.23 bits per heavy atom. The average Bonchev–Trinajstić information content (AvgIpc) is 3.23. The van der Waals surface area contributed by atoms with Gasteiger partial charge in [-0.25, -0.2) is 0 Å². The molecule has 1 amide bonds. The zero-order valence-electron chi connectivity index (χ0n) is 12.8. The SMILES string of the molecule is CCC1CCCN(C(=O)CCc2nc(-c3ccsc3)no2)C1. The first-order valence-corrected chi connectivity index (χ1v) is 8.83. The number of aryl methyl sites for hydroxylation is 1. The quantitative estimate of drug-likeness (QED) is 0.847. The Morgan fingerprint density at radius 2 is 2.45 bits per heavy atom. The van der Waals surface area contributed by atoms with Gasteiger partial charge < -0.3 is 9.42 Å². The van der Waals surface area contributed by atoms with Crippen molar-refractivity contribution in [3.05, 3.63) is 22.7 Å². The number of hydrogen-bond donors (Lipinski definition) is 0. The lowest BCUT2D eigenvalue weighted by Crippen LogP contribution is -2.39. The van der Waals surface area contributed by atoms with E-state index < -0.39 is 0 Å². The minimum atomic E-state index is 0.202. The third kappa shape index (κ3) is 3.55. The summed E-state index contributed by atoms with van der Waals surface area (Å²) in [4.78, 5) is 18.7. The van der Waals surface area contributed by atoms with Crippen LogP contribution in [0, 0.1) is 5.92 Å². The number of rotatable bonds is 5. The number of piperidine rings is 1. The molecule has 118 valence electrons. The molecule has 5 nitrogen and oxygen atoms in total. The highest BCUT2D eigenvalue weighted by Crippen LogP contribution is 2.21. The van der Waals surface area contributed by atoms with Gasteiger partial charge in [0.05, 0.1) is 0 Å². The number of amides is 1. The van der Waals surface area contributed by atoms with Gasteiger partial charge in [0.2, 0.25) is 17.6 Å². The van der Waals surface area contributed by atoms with Gasteiger partial charge in [-0.1, -0.05) is 18.5 Å². The van der Waals surface area contributed by atoms with Crippen LogP contribution in [0.25, 0.3) is 11.4 Å². The Balaban J connectivity index is 1.53. The topological polar surface area (TPSA) is 59.2 Å². The van der Waals surface area contributed by atoms with Crippen molar-refractivity contribution in [3.63, 3.8) is 0 Å². The number of hydrogen-bond acceptors (Lipinski definition) is 5. The molecule has 1 unspecified atom stereocenters. The van der Waals surface area contributed by atoms with Crippen LogP contribution < -0.4 is 0 Å². The van der Waals surface area contributed by atoms with E-state index in [1.807, 2.05) is 21.7 Å². The zero-order valence-corrected chi connectivity index (χ0v) is 13.6. The fourth-order valence-corrected chi connectivity index (χ4v) is 3.50. The normalized spacial score (nSPS) is 18.6. The molecule has 2 aromatic heterocycles. The lowest BCUT2D eigenvalue weighted by atomic mass is 9.95. The van der Waals surface area contributed by atoms with Crippen molar-refractivity contribution in [3.8, 4) is 11.4 Å². The number of carbonyl (C=O) groups is 1. The van der Waals surface area contributed by atoms with E-state index in [0.717, 1.165) is 31.5 Å². The second kappa shape index (κ2) is 7.05. The molecule has 1 aliphatic rings. The van der Waals surface area contributed by atoms with Crippen LogP contribution in [0.4, 0.5) is 0 Å². The van der Waals surface area contributed by atoms with E-state index in [1.54, 1.807) is 11.3 Å². The molecule has 0 spiro atoms. The van der Waals surface area contributed by atoms with E-state index in [9.17, 15) is 4.79 Å². The predicted octanol–water partition coefficient (Wildman–Crippen LogP) is 3.38. The maximum atomic E-state index is 12.3. The molecule has 3 heterocycles. The first-order chi connectivity index (χ1) is 10.8. The second-order valence-corrected chi connectivity index (χ2v) is 6.56. The molecule has 0 saturated carbocycles. The Hall–Kier alpha value is -1.69. The molecular formula is C16H21N3O2S.